The summed E-state index contributed by atoms with van der Waals surface area (Å²) in [6.07, 6.45) is 2.17. The van der Waals surface area contributed by atoms with Gasteiger partial charge in [0.25, 0.3) is 0 Å². The van der Waals surface area contributed by atoms with Crippen LogP contribution in [0.15, 0.2) is 54.7 Å². The fourth-order valence-electron chi connectivity index (χ4n) is 3.36. The van der Waals surface area contributed by atoms with Crippen LogP contribution in [0.3, 0.4) is 0 Å². The molecule has 0 fully saturated rings. The summed E-state index contributed by atoms with van der Waals surface area (Å²) in [5.41, 5.74) is 2.23. The maximum Gasteiger partial charge on any atom is 0.246 e. The molecule has 0 atom stereocenters. The number of anilines is 1. The zero-order valence-electron chi connectivity index (χ0n) is 19.4. The van der Waals surface area contributed by atoms with Gasteiger partial charge < -0.3 is 9.64 Å². The molecule has 0 saturated carbocycles. The molecule has 0 unspecified atom stereocenters. The van der Waals surface area contributed by atoms with E-state index in [9.17, 15) is 9.59 Å². The second kappa shape index (κ2) is 12.0. The van der Waals surface area contributed by atoms with Gasteiger partial charge in [-0.15, -0.1) is 0 Å². The smallest absolute Gasteiger partial charge is 0.246 e. The summed E-state index contributed by atoms with van der Waals surface area (Å²) in [7, 11) is 1.56. The fraction of sp³-hybridized carbons (Fsp3) is 0.320. The van der Waals surface area contributed by atoms with E-state index in [1.54, 1.807) is 35.9 Å². The zero-order chi connectivity index (χ0) is 24.7. The van der Waals surface area contributed by atoms with Gasteiger partial charge in [-0.2, -0.15) is 0 Å². The summed E-state index contributed by atoms with van der Waals surface area (Å²) in [4.78, 5) is 31.7. The van der Waals surface area contributed by atoms with Gasteiger partial charge in [0.15, 0.2) is 0 Å². The molecule has 1 aromatic heterocycles. The number of imidazole rings is 1. The van der Waals surface area contributed by atoms with Crippen LogP contribution in [0.5, 0.6) is 0 Å². The van der Waals surface area contributed by atoms with Gasteiger partial charge in [-0.3, -0.25) is 19.5 Å². The number of hydrogen-bond donors (Lipinski definition) is 1. The lowest BCUT2D eigenvalue weighted by atomic mass is 10.1. The van der Waals surface area contributed by atoms with E-state index in [-0.39, 0.29) is 24.3 Å². The van der Waals surface area contributed by atoms with E-state index in [4.69, 9.17) is 27.9 Å². The van der Waals surface area contributed by atoms with Crippen molar-refractivity contribution >= 4 is 41.0 Å². The Kier molecular flexibility index (Phi) is 9.10. The lowest BCUT2D eigenvalue weighted by molar-refractivity contribution is -0.136. The number of ether oxygens (including phenoxy) is 1. The summed E-state index contributed by atoms with van der Waals surface area (Å²) in [6, 6.07) is 14.5. The van der Waals surface area contributed by atoms with E-state index in [1.807, 2.05) is 44.3 Å². The van der Waals surface area contributed by atoms with Crippen molar-refractivity contribution in [2.45, 2.75) is 20.3 Å². The van der Waals surface area contributed by atoms with Gasteiger partial charge in [-0.25, -0.2) is 4.98 Å². The Hall–Kier alpha value is -2.87. The minimum absolute atomic E-state index is 0.0952. The number of aromatic nitrogens is 2. The topological polar surface area (TPSA) is 76.5 Å². The Balaban J connectivity index is 1.88. The molecule has 0 radical (unpaired) electrons. The maximum absolute atomic E-state index is 13.0. The van der Waals surface area contributed by atoms with Gasteiger partial charge in [0, 0.05) is 47.6 Å². The van der Waals surface area contributed by atoms with E-state index in [1.165, 1.54) is 4.90 Å². The van der Waals surface area contributed by atoms with Crippen molar-refractivity contribution in [1.29, 1.82) is 0 Å². The molecule has 0 saturated heterocycles. The van der Waals surface area contributed by atoms with Gasteiger partial charge >= 0.3 is 0 Å². The molecule has 0 aliphatic rings. The Morgan fingerprint density at radius 1 is 1.12 bits per heavy atom. The number of amides is 2. The number of carbonyl (C=O) groups is 2. The molecule has 3 aromatic rings. The Labute approximate surface area is 209 Å². The van der Waals surface area contributed by atoms with Crippen molar-refractivity contribution in [3.63, 3.8) is 0 Å². The normalized spacial score (nSPS) is 11.0. The first-order valence-corrected chi connectivity index (χ1v) is 11.7. The van der Waals surface area contributed by atoms with Crippen molar-refractivity contribution < 1.29 is 14.3 Å². The SMILES string of the molecule is COCCN(CC(=O)Nc1nc(-c2ccc(Cl)cc2)cn1-c1cccc(Cl)c1)C(=O)CC(C)C. The number of methoxy groups -OCH3 is 1. The van der Waals surface area contributed by atoms with Crippen LogP contribution >= 0.6 is 23.2 Å². The number of halogens is 2. The fourth-order valence-corrected chi connectivity index (χ4v) is 3.67. The van der Waals surface area contributed by atoms with Crippen LogP contribution in [0.4, 0.5) is 5.95 Å². The molecule has 3 rings (SSSR count). The zero-order valence-corrected chi connectivity index (χ0v) is 20.9. The van der Waals surface area contributed by atoms with Gasteiger partial charge in [-0.1, -0.05) is 55.2 Å². The Bertz CT molecular complexity index is 1130. The standard InChI is InChI=1S/C25H28Cl2N4O3/c1-17(2)13-24(33)30(11-12-34-3)16-23(32)29-25-28-22(18-7-9-19(26)10-8-18)15-31(25)21-6-4-5-20(27)14-21/h4-10,14-15,17H,11-13,16H2,1-3H3,(H,28,29,32). The average molecular weight is 503 g/mol. The number of hydrogen-bond acceptors (Lipinski definition) is 4. The Morgan fingerprint density at radius 2 is 1.85 bits per heavy atom. The quantitative estimate of drug-likeness (QED) is 0.407. The molecule has 0 spiro atoms. The molecular weight excluding hydrogens is 475 g/mol. The molecule has 34 heavy (non-hydrogen) atoms. The molecule has 7 nitrogen and oxygen atoms in total. The van der Waals surface area contributed by atoms with Crippen LogP contribution in [-0.2, 0) is 14.3 Å². The minimum Gasteiger partial charge on any atom is -0.383 e. The molecule has 2 amide bonds. The van der Waals surface area contributed by atoms with Gasteiger partial charge in [-0.05, 0) is 36.2 Å². The van der Waals surface area contributed by atoms with Crippen LogP contribution in [0.1, 0.15) is 20.3 Å². The third-order valence-electron chi connectivity index (χ3n) is 5.02. The second-order valence-corrected chi connectivity index (χ2v) is 9.13. The van der Waals surface area contributed by atoms with Crippen LogP contribution in [0, 0.1) is 5.92 Å². The molecule has 180 valence electrons. The summed E-state index contributed by atoms with van der Waals surface area (Å²) in [6.45, 7) is 4.50. The monoisotopic (exact) mass is 502 g/mol. The van der Waals surface area contributed by atoms with Crippen molar-refractivity contribution in [3.05, 3.63) is 64.8 Å². The third kappa shape index (κ3) is 7.06. The van der Waals surface area contributed by atoms with Crippen molar-refractivity contribution in [2.24, 2.45) is 5.92 Å². The van der Waals surface area contributed by atoms with Crippen molar-refractivity contribution in [3.8, 4) is 16.9 Å². The highest BCUT2D eigenvalue weighted by Gasteiger charge is 2.20. The molecule has 0 aliphatic carbocycles. The summed E-state index contributed by atoms with van der Waals surface area (Å²) >= 11 is 12.2. The molecule has 9 heteroatoms. The molecule has 1 heterocycles. The summed E-state index contributed by atoms with van der Waals surface area (Å²) in [5, 5.41) is 4.03. The maximum atomic E-state index is 13.0. The van der Waals surface area contributed by atoms with Gasteiger partial charge in [0.1, 0.15) is 6.54 Å². The van der Waals surface area contributed by atoms with E-state index in [2.05, 4.69) is 10.3 Å². The highest BCUT2D eigenvalue weighted by molar-refractivity contribution is 6.31. The third-order valence-corrected chi connectivity index (χ3v) is 5.51. The molecule has 0 bridgehead atoms. The highest BCUT2D eigenvalue weighted by Crippen LogP contribution is 2.26. The highest BCUT2D eigenvalue weighted by atomic mass is 35.5. The summed E-state index contributed by atoms with van der Waals surface area (Å²) < 4.78 is 6.87. The van der Waals surface area contributed by atoms with Crippen LogP contribution in [0.25, 0.3) is 16.9 Å². The lowest BCUT2D eigenvalue weighted by Crippen LogP contribution is -2.40. The van der Waals surface area contributed by atoms with E-state index in [0.717, 1.165) is 11.3 Å². The molecule has 0 aliphatic heterocycles. The van der Waals surface area contributed by atoms with E-state index < -0.39 is 0 Å². The molecular formula is C25H28Cl2N4O3. The van der Waals surface area contributed by atoms with Crippen molar-refractivity contribution in [2.75, 3.05) is 32.1 Å². The van der Waals surface area contributed by atoms with Crippen molar-refractivity contribution in [1.82, 2.24) is 14.5 Å². The predicted octanol–water partition coefficient (Wildman–Crippen LogP) is 5.31. The van der Waals surface area contributed by atoms with E-state index in [0.29, 0.717) is 41.3 Å². The largest absolute Gasteiger partial charge is 0.383 e. The number of nitrogens with zero attached hydrogens (tertiary/aromatic N) is 3. The average Bonchev–Trinajstić information content (AvgIpc) is 3.20. The van der Waals surface area contributed by atoms with Gasteiger partial charge in [0.2, 0.25) is 17.8 Å². The molecule has 1 N–H and O–H groups in total. The first kappa shape index (κ1) is 25.7. The number of nitrogens with one attached hydrogen (secondary N) is 1. The first-order valence-electron chi connectivity index (χ1n) is 10.9. The first-order chi connectivity index (χ1) is 16.3. The Morgan fingerprint density at radius 3 is 2.50 bits per heavy atom. The second-order valence-electron chi connectivity index (χ2n) is 8.26. The van der Waals surface area contributed by atoms with Crippen LogP contribution in [-0.4, -0.2) is 53.1 Å². The number of carbonyl (C=O) groups excluding carboxylic acids is 2. The van der Waals surface area contributed by atoms with Crippen LogP contribution < -0.4 is 5.32 Å². The minimum atomic E-state index is -0.357. The molecule has 2 aromatic carbocycles. The summed E-state index contributed by atoms with van der Waals surface area (Å²) in [5.74, 6) is 0.0523. The number of rotatable bonds is 10. The van der Waals surface area contributed by atoms with Gasteiger partial charge in [0.05, 0.1) is 12.3 Å². The van der Waals surface area contributed by atoms with E-state index >= 15 is 0 Å². The van der Waals surface area contributed by atoms with Crippen LogP contribution in [0.2, 0.25) is 10.0 Å². The predicted molar refractivity (Wildman–Crippen MR) is 136 cm³/mol. The lowest BCUT2D eigenvalue weighted by Gasteiger charge is -2.22. The number of benzene rings is 2.